The summed E-state index contributed by atoms with van der Waals surface area (Å²) in [5.74, 6) is -2.95. The number of hydrogen-bond donors (Lipinski definition) is 2. The molecule has 14 nitrogen and oxygen atoms in total. The maximum atomic E-state index is 16.8. The molecule has 3 aromatic heterocycles. The van der Waals surface area contributed by atoms with E-state index in [0.29, 0.717) is 64.2 Å². The number of halogens is 5. The van der Waals surface area contributed by atoms with Crippen molar-refractivity contribution in [2.24, 2.45) is 0 Å². The number of aromatic nitrogens is 5. The van der Waals surface area contributed by atoms with Crippen LogP contribution < -0.4 is 9.64 Å². The smallest absolute Gasteiger partial charge is 0.475 e. The standard InChI is InChI=1S/C29H31ClFN7O5.C2HF3O2/c1-37-6-4-16(5-7-37)42-28-34-25-20-12-32-26(24(25)31)23-18(21(30)11-22-19(23)13-33-36-22)3-2-9-41-29(39)43-17-14-38(27(20)35-28)8-10-40-15-17;3-2(4,5)1(6)7/h11-13,16-17H,2-10,14-15H2,1H3,(H,33,36);(H,6,7)/t17-;/m0./s1. The third kappa shape index (κ3) is 7.76. The monoisotopic (exact) mass is 725 g/mol. The van der Waals surface area contributed by atoms with Gasteiger partial charge in [-0.3, -0.25) is 10.1 Å². The Morgan fingerprint density at radius 2 is 1.90 bits per heavy atom. The molecule has 0 saturated carbocycles. The van der Waals surface area contributed by atoms with E-state index in [1.807, 2.05) is 4.90 Å². The lowest BCUT2D eigenvalue weighted by molar-refractivity contribution is -0.192. The number of nitrogens with one attached hydrogen (secondary N) is 1. The first kappa shape index (κ1) is 35.3. The molecule has 2 fully saturated rings. The first-order valence-corrected chi connectivity index (χ1v) is 16.1. The number of likely N-dealkylation sites (tertiary alicyclic amines) is 1. The average molecular weight is 726 g/mol. The number of carbonyl (C=O) groups excluding carboxylic acids is 1. The number of alkyl halides is 3. The quantitative estimate of drug-likeness (QED) is 0.215. The summed E-state index contributed by atoms with van der Waals surface area (Å²) < 4.78 is 71.6. The molecule has 268 valence electrons. The second kappa shape index (κ2) is 14.7. The minimum absolute atomic E-state index is 0.0784. The Kier molecular flexibility index (Phi) is 10.4. The zero-order valence-electron chi connectivity index (χ0n) is 26.6. The predicted octanol–water partition coefficient (Wildman–Crippen LogP) is 4.77. The summed E-state index contributed by atoms with van der Waals surface area (Å²) in [7, 11) is 2.07. The third-order valence-electron chi connectivity index (χ3n) is 8.45. The summed E-state index contributed by atoms with van der Waals surface area (Å²) in [6.45, 7) is 3.06. The number of fused-ring (bicyclic) bond motifs is 7. The maximum absolute atomic E-state index is 16.8. The lowest BCUT2D eigenvalue weighted by Crippen LogP contribution is -2.37. The molecule has 8 rings (SSSR count). The van der Waals surface area contributed by atoms with Crippen molar-refractivity contribution in [1.82, 2.24) is 30.0 Å². The molecule has 2 N–H and O–H groups in total. The number of H-pyrrole nitrogens is 1. The number of nitrogens with zero attached hydrogens (tertiary/aromatic N) is 6. The van der Waals surface area contributed by atoms with Gasteiger partial charge in [-0.2, -0.15) is 28.2 Å². The van der Waals surface area contributed by atoms with Crippen molar-refractivity contribution in [2.45, 2.75) is 44.1 Å². The molecule has 0 spiro atoms. The van der Waals surface area contributed by atoms with E-state index in [9.17, 15) is 18.0 Å². The molecule has 0 amide bonds. The largest absolute Gasteiger partial charge is 0.508 e. The first-order valence-electron chi connectivity index (χ1n) is 15.7. The van der Waals surface area contributed by atoms with Crippen LogP contribution in [0.25, 0.3) is 33.1 Å². The zero-order valence-corrected chi connectivity index (χ0v) is 27.4. The minimum Gasteiger partial charge on any atom is -0.475 e. The van der Waals surface area contributed by atoms with E-state index in [0.717, 1.165) is 25.9 Å². The van der Waals surface area contributed by atoms with Gasteiger partial charge in [-0.1, -0.05) is 11.6 Å². The van der Waals surface area contributed by atoms with Crippen molar-refractivity contribution < 1.29 is 51.2 Å². The number of pyridine rings is 1. The third-order valence-corrected chi connectivity index (χ3v) is 8.78. The number of carboxylic acids is 1. The van der Waals surface area contributed by atoms with Crippen molar-refractivity contribution in [3.05, 3.63) is 34.9 Å². The summed E-state index contributed by atoms with van der Waals surface area (Å²) in [4.78, 5) is 39.6. The number of carbonyl (C=O) groups is 2. The lowest BCUT2D eigenvalue weighted by Gasteiger charge is -2.29. The van der Waals surface area contributed by atoms with E-state index in [2.05, 4.69) is 32.1 Å². The van der Waals surface area contributed by atoms with Crippen LogP contribution in [-0.4, -0.2) is 119 Å². The molecule has 4 aliphatic rings. The summed E-state index contributed by atoms with van der Waals surface area (Å²) in [5.41, 5.74) is 1.98. The predicted molar refractivity (Wildman–Crippen MR) is 170 cm³/mol. The Labute approximate surface area is 286 Å². The Balaban J connectivity index is 0.000000561. The van der Waals surface area contributed by atoms with Crippen molar-refractivity contribution in [1.29, 1.82) is 0 Å². The van der Waals surface area contributed by atoms with Crippen LogP contribution in [-0.2, 0) is 25.4 Å². The van der Waals surface area contributed by atoms with Crippen molar-refractivity contribution in [3.63, 3.8) is 0 Å². The van der Waals surface area contributed by atoms with Crippen LogP contribution in [0.15, 0.2) is 18.5 Å². The van der Waals surface area contributed by atoms with Crippen LogP contribution >= 0.6 is 11.6 Å². The highest BCUT2D eigenvalue weighted by Crippen LogP contribution is 2.40. The van der Waals surface area contributed by atoms with Gasteiger partial charge in [0.1, 0.15) is 29.2 Å². The van der Waals surface area contributed by atoms with Gasteiger partial charge in [-0.15, -0.1) is 0 Å². The molecular weight excluding hydrogens is 694 g/mol. The molecule has 2 saturated heterocycles. The van der Waals surface area contributed by atoms with Crippen LogP contribution in [0, 0.1) is 5.82 Å². The lowest BCUT2D eigenvalue weighted by atomic mass is 9.95. The molecule has 6 bridgehead atoms. The number of hydrogen-bond acceptors (Lipinski definition) is 12. The van der Waals surface area contributed by atoms with Crippen LogP contribution in [0.3, 0.4) is 0 Å². The van der Waals surface area contributed by atoms with E-state index >= 15 is 4.39 Å². The molecular formula is C31H32ClF4N7O7. The summed E-state index contributed by atoms with van der Waals surface area (Å²) >= 11 is 6.74. The number of anilines is 1. The van der Waals surface area contributed by atoms with Crippen LogP contribution in [0.5, 0.6) is 6.01 Å². The van der Waals surface area contributed by atoms with Gasteiger partial charge in [0.15, 0.2) is 5.82 Å². The van der Waals surface area contributed by atoms with E-state index in [4.69, 9.17) is 45.4 Å². The van der Waals surface area contributed by atoms with Gasteiger partial charge < -0.3 is 33.9 Å². The average Bonchev–Trinajstić information content (AvgIpc) is 3.40. The molecule has 0 unspecified atom stereocenters. The van der Waals surface area contributed by atoms with E-state index in [1.54, 1.807) is 18.5 Å². The van der Waals surface area contributed by atoms with Gasteiger partial charge in [0.25, 0.3) is 0 Å². The van der Waals surface area contributed by atoms with Gasteiger partial charge in [-0.05, 0) is 44.4 Å². The molecule has 7 heterocycles. The van der Waals surface area contributed by atoms with Crippen LogP contribution in [0.4, 0.5) is 28.2 Å². The van der Waals surface area contributed by atoms with Crippen LogP contribution in [0.2, 0.25) is 5.02 Å². The Bertz CT molecular complexity index is 1890. The molecule has 19 heteroatoms. The van der Waals surface area contributed by atoms with Crippen LogP contribution in [0.1, 0.15) is 24.8 Å². The number of aliphatic carboxylic acids is 1. The zero-order chi connectivity index (χ0) is 35.6. The highest BCUT2D eigenvalue weighted by Gasteiger charge is 2.38. The topological polar surface area (TPSA) is 165 Å². The molecule has 4 aliphatic heterocycles. The fourth-order valence-corrected chi connectivity index (χ4v) is 6.27. The molecule has 4 aromatic rings. The molecule has 0 radical (unpaired) electrons. The number of piperidine rings is 1. The van der Waals surface area contributed by atoms with E-state index in [1.165, 1.54) is 0 Å². The van der Waals surface area contributed by atoms with Gasteiger partial charge >= 0.3 is 24.3 Å². The first-order chi connectivity index (χ1) is 23.9. The number of aromatic amines is 1. The summed E-state index contributed by atoms with van der Waals surface area (Å²) in [6.07, 6.45) is -0.973. The van der Waals surface area contributed by atoms with Crippen molar-refractivity contribution in [3.8, 4) is 17.3 Å². The Morgan fingerprint density at radius 3 is 2.64 bits per heavy atom. The fraction of sp³-hybridized carbons (Fsp3) is 0.484. The number of rotatable bonds is 2. The second-order valence-corrected chi connectivity index (χ2v) is 12.3. The van der Waals surface area contributed by atoms with Gasteiger partial charge in [0.2, 0.25) is 0 Å². The Hall–Kier alpha value is -4.55. The molecule has 1 aromatic carbocycles. The summed E-state index contributed by atoms with van der Waals surface area (Å²) in [5, 5.41) is 15.7. The maximum Gasteiger partial charge on any atom is 0.508 e. The van der Waals surface area contributed by atoms with Gasteiger partial charge in [0.05, 0.1) is 43.5 Å². The number of ether oxygens (including phenoxy) is 4. The minimum atomic E-state index is -5.08. The van der Waals surface area contributed by atoms with Crippen molar-refractivity contribution in [2.75, 3.05) is 57.9 Å². The Morgan fingerprint density at radius 1 is 1.14 bits per heavy atom. The number of carboxylic acid groups (broad SMARTS) is 1. The van der Waals surface area contributed by atoms with E-state index in [-0.39, 0.29) is 43.1 Å². The SMILES string of the molecule is CN1CCC(Oc2nc3c4cnc(c(F)c4n2)-c2c(c(Cl)cc4[nH]ncc24)CCCOC(=O)O[C@@H]2COCCN3C2)CC1.O=C(O)C(F)(F)F. The second-order valence-electron chi connectivity index (χ2n) is 11.9. The molecule has 1 atom stereocenters. The van der Waals surface area contributed by atoms with E-state index < -0.39 is 30.2 Å². The van der Waals surface area contributed by atoms with Crippen molar-refractivity contribution >= 4 is 51.3 Å². The fourth-order valence-electron chi connectivity index (χ4n) is 5.98. The number of benzene rings is 1. The normalized spacial score (nSPS) is 19.4. The highest BCUT2D eigenvalue weighted by molar-refractivity contribution is 6.33. The highest BCUT2D eigenvalue weighted by atomic mass is 35.5. The van der Waals surface area contributed by atoms with Gasteiger partial charge in [0, 0.05) is 41.8 Å². The summed E-state index contributed by atoms with van der Waals surface area (Å²) in [6, 6.07) is 1.83. The molecule has 0 aliphatic carbocycles. The van der Waals surface area contributed by atoms with Gasteiger partial charge in [-0.25, -0.2) is 14.0 Å². The molecule has 50 heavy (non-hydrogen) atoms.